The molecular weight excluding hydrogens is 249 g/mol. The Labute approximate surface area is 82.0 Å². The van der Waals surface area contributed by atoms with Crippen LogP contribution < -0.4 is 0 Å². The molecule has 1 aromatic rings. The van der Waals surface area contributed by atoms with E-state index in [-0.39, 0.29) is 10.6 Å². The second-order valence-corrected chi connectivity index (χ2v) is 3.23. The van der Waals surface area contributed by atoms with Crippen molar-refractivity contribution >= 4 is 33.6 Å². The lowest BCUT2D eigenvalue weighted by atomic mass is 10.2. The third-order valence-corrected chi connectivity index (χ3v) is 1.81. The Kier molecular flexibility index (Phi) is 3.23. The van der Waals surface area contributed by atoms with Crippen LogP contribution in [-0.2, 0) is 0 Å². The summed E-state index contributed by atoms with van der Waals surface area (Å²) in [6, 6.07) is 4.17. The molecule has 0 atom stereocenters. The maximum atomic E-state index is 12.9. The Morgan fingerprint density at radius 1 is 1.50 bits per heavy atom. The molecule has 0 aliphatic heterocycles. The van der Waals surface area contributed by atoms with Gasteiger partial charge >= 0.3 is 0 Å². The van der Waals surface area contributed by atoms with E-state index in [1.165, 1.54) is 18.2 Å². The van der Waals surface area contributed by atoms with Crippen LogP contribution in [0.2, 0.25) is 5.02 Å². The van der Waals surface area contributed by atoms with E-state index in [1.807, 2.05) is 0 Å². The molecule has 0 saturated carbocycles. The lowest BCUT2D eigenvalue weighted by Gasteiger charge is -1.98. The van der Waals surface area contributed by atoms with Gasteiger partial charge in [0, 0.05) is 5.56 Å². The summed E-state index contributed by atoms with van der Waals surface area (Å²) in [5, 5.41) is 0.185. The van der Waals surface area contributed by atoms with E-state index in [4.69, 9.17) is 11.6 Å². The first kappa shape index (κ1) is 9.68. The van der Waals surface area contributed by atoms with E-state index < -0.39 is 10.6 Å². The maximum Gasteiger partial charge on any atom is 0.166 e. The van der Waals surface area contributed by atoms with Gasteiger partial charge in [0.25, 0.3) is 0 Å². The maximum absolute atomic E-state index is 12.9. The van der Waals surface area contributed by atoms with Crippen molar-refractivity contribution in [1.82, 2.24) is 0 Å². The van der Waals surface area contributed by atoms with E-state index in [9.17, 15) is 8.78 Å². The Morgan fingerprint density at radius 3 is 2.67 bits per heavy atom. The standard InChI is InChI=1S/C8H4BrClF2/c9-8(12)4-5-6(10)2-1-3-7(5)11/h1-4H/b8-4-. The highest BCUT2D eigenvalue weighted by atomic mass is 79.9. The number of hydrogen-bond acceptors (Lipinski definition) is 0. The summed E-state index contributed by atoms with van der Waals surface area (Å²) in [4.78, 5) is 0. The lowest BCUT2D eigenvalue weighted by molar-refractivity contribution is 0.624. The van der Waals surface area contributed by atoms with E-state index in [2.05, 4.69) is 15.9 Å². The van der Waals surface area contributed by atoms with Gasteiger partial charge in [0.15, 0.2) is 4.74 Å². The average molecular weight is 253 g/mol. The van der Waals surface area contributed by atoms with Gasteiger partial charge in [0.1, 0.15) is 5.82 Å². The third kappa shape index (κ3) is 2.29. The van der Waals surface area contributed by atoms with Gasteiger partial charge < -0.3 is 0 Å². The topological polar surface area (TPSA) is 0 Å². The molecule has 0 nitrogen and oxygen atoms in total. The Morgan fingerprint density at radius 2 is 2.17 bits per heavy atom. The first-order chi connectivity index (χ1) is 5.61. The second-order valence-electron chi connectivity index (χ2n) is 2.07. The molecule has 4 heteroatoms. The minimum atomic E-state index is -0.658. The molecule has 1 rings (SSSR count). The molecule has 0 aromatic heterocycles. The Bertz CT molecular complexity index is 299. The molecule has 0 saturated heterocycles. The molecule has 0 N–H and O–H groups in total. The summed E-state index contributed by atoms with van der Waals surface area (Å²) >= 11 is 8.15. The predicted octanol–water partition coefficient (Wildman–Crippen LogP) is 4.14. The average Bonchev–Trinajstić information content (AvgIpc) is 1.97. The summed E-state index contributed by atoms with van der Waals surface area (Å²) in [6.07, 6.45) is 0.984. The monoisotopic (exact) mass is 252 g/mol. The predicted molar refractivity (Wildman–Crippen MR) is 49.4 cm³/mol. The molecule has 0 heterocycles. The first-order valence-corrected chi connectivity index (χ1v) is 4.25. The summed E-state index contributed by atoms with van der Waals surface area (Å²) in [7, 11) is 0. The van der Waals surface area contributed by atoms with Crippen LogP contribution in [-0.4, -0.2) is 0 Å². The zero-order valence-corrected chi connectivity index (χ0v) is 8.16. The summed E-state index contributed by atoms with van der Waals surface area (Å²) in [5.74, 6) is -0.544. The smallest absolute Gasteiger partial charge is 0.166 e. The molecule has 64 valence electrons. The van der Waals surface area contributed by atoms with Crippen molar-refractivity contribution in [2.75, 3.05) is 0 Å². The first-order valence-electron chi connectivity index (χ1n) is 3.08. The highest BCUT2D eigenvalue weighted by Gasteiger charge is 2.03. The van der Waals surface area contributed by atoms with Gasteiger partial charge in [0.2, 0.25) is 0 Å². The number of hydrogen-bond donors (Lipinski definition) is 0. The zero-order valence-electron chi connectivity index (χ0n) is 5.82. The van der Waals surface area contributed by atoms with Crippen molar-refractivity contribution in [1.29, 1.82) is 0 Å². The molecule has 0 radical (unpaired) electrons. The van der Waals surface area contributed by atoms with Gasteiger partial charge in [-0.2, -0.15) is 4.39 Å². The third-order valence-electron chi connectivity index (χ3n) is 1.25. The fourth-order valence-corrected chi connectivity index (χ4v) is 1.20. The summed E-state index contributed by atoms with van der Waals surface area (Å²) < 4.78 is 24.5. The highest BCUT2D eigenvalue weighted by Crippen LogP contribution is 2.23. The van der Waals surface area contributed by atoms with Crippen LogP contribution in [0, 0.1) is 5.82 Å². The number of halogens is 4. The van der Waals surface area contributed by atoms with Crippen LogP contribution >= 0.6 is 27.5 Å². The van der Waals surface area contributed by atoms with E-state index >= 15 is 0 Å². The van der Waals surface area contributed by atoms with Crippen molar-refractivity contribution in [2.24, 2.45) is 0 Å². The molecule has 0 aliphatic rings. The molecule has 0 spiro atoms. The van der Waals surface area contributed by atoms with Gasteiger partial charge in [-0.05, 0) is 34.1 Å². The summed E-state index contributed by atoms with van der Waals surface area (Å²) in [5.41, 5.74) is 0.0496. The van der Waals surface area contributed by atoms with Crippen LogP contribution in [0.25, 0.3) is 6.08 Å². The van der Waals surface area contributed by atoms with Gasteiger partial charge in [-0.1, -0.05) is 17.7 Å². The fourth-order valence-electron chi connectivity index (χ4n) is 0.758. The minimum Gasteiger partial charge on any atom is -0.206 e. The quantitative estimate of drug-likeness (QED) is 0.705. The molecule has 0 amide bonds. The molecule has 0 fully saturated rings. The lowest BCUT2D eigenvalue weighted by Crippen LogP contribution is -1.82. The SMILES string of the molecule is F/C(Br)=C\c1c(F)cccc1Cl. The fraction of sp³-hybridized carbons (Fsp3) is 0. The molecule has 0 unspecified atom stereocenters. The largest absolute Gasteiger partial charge is 0.206 e. The summed E-state index contributed by atoms with van der Waals surface area (Å²) in [6.45, 7) is 0. The van der Waals surface area contributed by atoms with Gasteiger partial charge in [-0.15, -0.1) is 0 Å². The van der Waals surface area contributed by atoms with Gasteiger partial charge in [0.05, 0.1) is 5.02 Å². The van der Waals surface area contributed by atoms with E-state index in [0.29, 0.717) is 0 Å². The normalized spacial score (nSPS) is 11.8. The van der Waals surface area contributed by atoms with Crippen LogP contribution in [0.3, 0.4) is 0 Å². The van der Waals surface area contributed by atoms with E-state index in [0.717, 1.165) is 6.08 Å². The molecule has 12 heavy (non-hydrogen) atoms. The van der Waals surface area contributed by atoms with Crippen molar-refractivity contribution in [3.8, 4) is 0 Å². The van der Waals surface area contributed by atoms with Crippen LogP contribution in [0.1, 0.15) is 5.56 Å². The number of benzene rings is 1. The van der Waals surface area contributed by atoms with Gasteiger partial charge in [-0.3, -0.25) is 0 Å². The van der Waals surface area contributed by atoms with Crippen molar-refractivity contribution in [3.63, 3.8) is 0 Å². The minimum absolute atomic E-state index is 0.0496. The Balaban J connectivity index is 3.22. The van der Waals surface area contributed by atoms with Crippen molar-refractivity contribution < 1.29 is 8.78 Å². The number of rotatable bonds is 1. The van der Waals surface area contributed by atoms with Crippen molar-refractivity contribution in [2.45, 2.75) is 0 Å². The van der Waals surface area contributed by atoms with Crippen LogP contribution in [0.15, 0.2) is 22.9 Å². The molecule has 1 aromatic carbocycles. The highest BCUT2D eigenvalue weighted by molar-refractivity contribution is 9.11. The molecule has 0 bridgehead atoms. The van der Waals surface area contributed by atoms with Crippen LogP contribution in [0.4, 0.5) is 8.78 Å². The van der Waals surface area contributed by atoms with Crippen LogP contribution in [0.5, 0.6) is 0 Å². The van der Waals surface area contributed by atoms with E-state index in [1.54, 1.807) is 0 Å². The Hall–Kier alpha value is -0.410. The molecular formula is C8H4BrClF2. The zero-order chi connectivity index (χ0) is 9.14. The molecule has 0 aliphatic carbocycles. The van der Waals surface area contributed by atoms with Gasteiger partial charge in [-0.25, -0.2) is 4.39 Å². The van der Waals surface area contributed by atoms with Crippen molar-refractivity contribution in [3.05, 3.63) is 39.3 Å². The second kappa shape index (κ2) is 4.01.